The van der Waals surface area contributed by atoms with E-state index in [1.807, 2.05) is 0 Å². The van der Waals surface area contributed by atoms with Gasteiger partial charge in [0.25, 0.3) is 10.8 Å². The quantitative estimate of drug-likeness (QED) is 0.247. The van der Waals surface area contributed by atoms with Crippen LogP contribution < -0.4 is 15.1 Å². The molecular formula is C2H7ClN2O3. The van der Waals surface area contributed by atoms with Crippen LogP contribution in [0.5, 0.6) is 0 Å². The highest BCUT2D eigenvalue weighted by Crippen LogP contribution is 1.38. The van der Waals surface area contributed by atoms with E-state index in [1.165, 1.54) is 6.92 Å². The third-order valence-corrected chi connectivity index (χ3v) is 0. The molecular weight excluding hydrogens is 135 g/mol. The molecule has 0 saturated carbocycles. The topological polar surface area (TPSA) is 116 Å². The van der Waals surface area contributed by atoms with Gasteiger partial charge in [-0.05, 0) is 6.92 Å². The van der Waals surface area contributed by atoms with Gasteiger partial charge in [0.2, 0.25) is 0 Å². The summed E-state index contributed by atoms with van der Waals surface area (Å²) in [6.07, 6.45) is 0. The molecule has 0 aliphatic heterocycles. The standard InChI is InChI=1S/C2H6N2.ClHO3/c1-2(3)4;2-1(3)4/h1H3,(H3,3,4);2H. The van der Waals surface area contributed by atoms with E-state index in [1.54, 1.807) is 0 Å². The van der Waals surface area contributed by atoms with Crippen LogP contribution in [-0.2, 0) is 0 Å². The van der Waals surface area contributed by atoms with E-state index in [2.05, 4.69) is 0 Å². The van der Waals surface area contributed by atoms with Crippen molar-refractivity contribution in [2.75, 3.05) is 0 Å². The molecule has 0 saturated heterocycles. The lowest BCUT2D eigenvalue weighted by Gasteiger charge is -1.72. The summed E-state index contributed by atoms with van der Waals surface area (Å²) in [7, 11) is -2.60. The molecule has 0 aliphatic rings. The van der Waals surface area contributed by atoms with Crippen LogP contribution in [0.4, 0.5) is 0 Å². The predicted octanol–water partition coefficient (Wildman–Crippen LogP) is -2.99. The van der Waals surface area contributed by atoms with Crippen LogP contribution in [0.2, 0.25) is 0 Å². The molecule has 0 fully saturated rings. The minimum Gasteiger partial charge on any atom is -0.388 e. The Bertz CT molecular complexity index is 59.5. The zero-order chi connectivity index (χ0) is 7.15. The van der Waals surface area contributed by atoms with Crippen molar-refractivity contribution >= 4 is 5.84 Å². The molecule has 0 rings (SSSR count). The van der Waals surface area contributed by atoms with Crippen LogP contribution >= 0.6 is 0 Å². The van der Waals surface area contributed by atoms with Crippen molar-refractivity contribution in [2.45, 2.75) is 6.92 Å². The normalized spacial score (nSPS) is 7.62. The van der Waals surface area contributed by atoms with Crippen molar-refractivity contribution in [3.05, 3.63) is 0 Å². The second kappa shape index (κ2) is 6.64. The van der Waals surface area contributed by atoms with Gasteiger partial charge < -0.3 is 15.1 Å². The van der Waals surface area contributed by atoms with Crippen molar-refractivity contribution in [2.24, 2.45) is 5.73 Å². The van der Waals surface area contributed by atoms with Crippen LogP contribution in [0, 0.1) is 16.2 Å². The molecule has 0 aromatic heterocycles. The van der Waals surface area contributed by atoms with Gasteiger partial charge in [-0.15, -0.1) is 0 Å². The smallest absolute Gasteiger partial charge is 0.282 e. The predicted molar refractivity (Wildman–Crippen MR) is 19.8 cm³/mol. The van der Waals surface area contributed by atoms with E-state index in [0.717, 1.165) is 0 Å². The highest BCUT2D eigenvalue weighted by atomic mass is 35.6. The van der Waals surface area contributed by atoms with Crippen LogP contribution in [0.1, 0.15) is 6.92 Å². The Morgan fingerprint density at radius 2 is 1.75 bits per heavy atom. The van der Waals surface area contributed by atoms with E-state index in [-0.39, 0.29) is 5.84 Å². The lowest BCUT2D eigenvalue weighted by molar-refractivity contribution is -1.63. The van der Waals surface area contributed by atoms with E-state index >= 15 is 0 Å². The summed E-state index contributed by atoms with van der Waals surface area (Å²) in [4.78, 5) is 0. The molecule has 8 heavy (non-hydrogen) atoms. The number of hydrogen-bond donors (Lipinski definition) is 3. The van der Waals surface area contributed by atoms with Gasteiger partial charge in [0, 0.05) is 4.66 Å². The van der Waals surface area contributed by atoms with Crippen molar-refractivity contribution in [1.29, 1.82) is 5.41 Å². The Kier molecular flexibility index (Phi) is 8.79. The second-order valence-corrected chi connectivity index (χ2v) is 1.29. The van der Waals surface area contributed by atoms with Crippen LogP contribution in [0.3, 0.4) is 0 Å². The van der Waals surface area contributed by atoms with Crippen LogP contribution in [0.25, 0.3) is 0 Å². The SMILES string of the molecule is CC(=N)N.[O-][Cl+2]([O-])O. The Balaban J connectivity index is 0. The Hall–Kier alpha value is -0.360. The largest absolute Gasteiger partial charge is 0.388 e. The molecule has 0 atom stereocenters. The minimum absolute atomic E-state index is 0.167. The third-order valence-electron chi connectivity index (χ3n) is 0. The van der Waals surface area contributed by atoms with Crippen LogP contribution in [-0.4, -0.2) is 10.5 Å². The highest BCUT2D eigenvalue weighted by molar-refractivity contribution is 5.73. The lowest BCUT2D eigenvalue weighted by Crippen LogP contribution is -2.30. The van der Waals surface area contributed by atoms with Gasteiger partial charge in [-0.1, -0.05) is 0 Å². The summed E-state index contributed by atoms with van der Waals surface area (Å²) in [6, 6.07) is 0. The maximum Gasteiger partial charge on any atom is 0.282 e. The molecule has 0 amide bonds. The zero-order valence-corrected chi connectivity index (χ0v) is 4.97. The Morgan fingerprint density at radius 3 is 1.75 bits per heavy atom. The molecule has 0 unspecified atom stereocenters. The number of nitrogens with two attached hydrogens (primary N) is 1. The van der Waals surface area contributed by atoms with Crippen LogP contribution in [0.15, 0.2) is 0 Å². The first kappa shape index (κ1) is 10.6. The van der Waals surface area contributed by atoms with Crippen molar-refractivity contribution in [1.82, 2.24) is 0 Å². The van der Waals surface area contributed by atoms with Crippen molar-refractivity contribution < 1.29 is 24.8 Å². The lowest BCUT2D eigenvalue weighted by atomic mass is 10.8. The monoisotopic (exact) mass is 142 g/mol. The molecule has 0 spiro atoms. The summed E-state index contributed by atoms with van der Waals surface area (Å²) in [5.41, 5.74) is 4.69. The fourth-order valence-electron chi connectivity index (χ4n) is 0. The number of rotatable bonds is 0. The molecule has 0 heterocycles. The van der Waals surface area contributed by atoms with Gasteiger partial charge in [-0.3, -0.25) is 5.41 Å². The molecule has 0 radical (unpaired) electrons. The van der Waals surface area contributed by atoms with E-state index < -0.39 is 10.8 Å². The van der Waals surface area contributed by atoms with Gasteiger partial charge in [-0.2, -0.15) is 0 Å². The first-order valence-corrected chi connectivity index (χ1v) is 2.47. The summed E-state index contributed by atoms with van der Waals surface area (Å²) < 4.78 is 24.0. The second-order valence-electron chi connectivity index (χ2n) is 0.884. The first-order valence-electron chi connectivity index (χ1n) is 1.52. The molecule has 0 aromatic rings. The molecule has 0 aliphatic carbocycles. The minimum atomic E-state index is -2.60. The summed E-state index contributed by atoms with van der Waals surface area (Å²) in [6.45, 7) is 1.53. The number of nitrogens with one attached hydrogen (secondary N) is 1. The fraction of sp³-hybridized carbons (Fsp3) is 0.500. The van der Waals surface area contributed by atoms with Gasteiger partial charge in [0.05, 0.1) is 5.84 Å². The summed E-state index contributed by atoms with van der Waals surface area (Å²) in [5, 5.41) is 6.28. The molecule has 50 valence electrons. The Labute approximate surface area is 49.7 Å². The Morgan fingerprint density at radius 1 is 1.75 bits per heavy atom. The molecule has 0 aromatic carbocycles. The maximum absolute atomic E-state index is 8.52. The first-order chi connectivity index (χ1) is 3.46. The average molecular weight is 143 g/mol. The molecule has 4 N–H and O–H groups in total. The fourth-order valence-corrected chi connectivity index (χ4v) is 0. The number of amidine groups is 1. The summed E-state index contributed by atoms with van der Waals surface area (Å²) >= 11 is 0. The highest BCUT2D eigenvalue weighted by Gasteiger charge is 1.79. The summed E-state index contributed by atoms with van der Waals surface area (Å²) in [5.74, 6) is 0.167. The van der Waals surface area contributed by atoms with Gasteiger partial charge in [-0.25, -0.2) is 0 Å². The van der Waals surface area contributed by atoms with E-state index in [0.29, 0.717) is 0 Å². The van der Waals surface area contributed by atoms with E-state index in [4.69, 9.17) is 25.1 Å². The van der Waals surface area contributed by atoms with Gasteiger partial charge >= 0.3 is 0 Å². The van der Waals surface area contributed by atoms with Gasteiger partial charge in [0.1, 0.15) is 0 Å². The van der Waals surface area contributed by atoms with Crippen molar-refractivity contribution in [3.63, 3.8) is 0 Å². The number of hydrogen-bond acceptors (Lipinski definition) is 4. The zero-order valence-electron chi connectivity index (χ0n) is 4.22. The average Bonchev–Trinajstić information content (AvgIpc) is 1.25. The van der Waals surface area contributed by atoms with E-state index in [9.17, 15) is 0 Å². The molecule has 6 heteroatoms. The maximum atomic E-state index is 8.52. The molecule has 5 nitrogen and oxygen atoms in total. The van der Waals surface area contributed by atoms with Gasteiger partial charge in [0.15, 0.2) is 0 Å². The number of halogens is 1. The van der Waals surface area contributed by atoms with Crippen molar-refractivity contribution in [3.8, 4) is 0 Å². The molecule has 0 bridgehead atoms. The third kappa shape index (κ3) is 937.